The summed E-state index contributed by atoms with van der Waals surface area (Å²) < 4.78 is 0. The first-order valence-electron chi connectivity index (χ1n) is 6.36. The Balaban J connectivity index is 2.69. The van der Waals surface area contributed by atoms with Crippen molar-refractivity contribution in [3.05, 3.63) is 34.9 Å². The summed E-state index contributed by atoms with van der Waals surface area (Å²) in [6, 6.07) is 5.55. The van der Waals surface area contributed by atoms with Crippen LogP contribution in [0.15, 0.2) is 23.4 Å². The first-order chi connectivity index (χ1) is 9.27. The average molecular weight is 278 g/mol. The van der Waals surface area contributed by atoms with Gasteiger partial charge >= 0.3 is 0 Å². The third-order valence-corrected chi connectivity index (χ3v) is 3.30. The van der Waals surface area contributed by atoms with Crippen LogP contribution in [0.5, 0.6) is 0 Å². The normalized spacial score (nSPS) is 12.4. The molecule has 0 spiro atoms. The van der Waals surface area contributed by atoms with Crippen LogP contribution in [0, 0.1) is 12.3 Å². The Morgan fingerprint density at radius 3 is 2.55 bits per heavy atom. The van der Waals surface area contributed by atoms with E-state index in [1.54, 1.807) is 19.9 Å². The van der Waals surface area contributed by atoms with Gasteiger partial charge in [0.05, 0.1) is 5.41 Å². The van der Waals surface area contributed by atoms with E-state index in [-0.39, 0.29) is 11.7 Å². The van der Waals surface area contributed by atoms with Gasteiger partial charge in [0.1, 0.15) is 0 Å². The summed E-state index contributed by atoms with van der Waals surface area (Å²) in [5.41, 5.74) is 13.1. The molecular weight excluding hydrogens is 256 g/mol. The molecule has 0 aliphatic carbocycles. The average Bonchev–Trinajstić information content (AvgIpc) is 2.39. The van der Waals surface area contributed by atoms with Crippen molar-refractivity contribution in [1.82, 2.24) is 5.32 Å². The van der Waals surface area contributed by atoms with Crippen molar-refractivity contribution in [2.75, 3.05) is 6.54 Å². The van der Waals surface area contributed by atoms with E-state index in [1.165, 1.54) is 0 Å². The fourth-order valence-corrected chi connectivity index (χ4v) is 1.71. The molecule has 1 aromatic carbocycles. The minimum absolute atomic E-state index is 0.0856. The van der Waals surface area contributed by atoms with Crippen LogP contribution in [0.25, 0.3) is 0 Å². The Hall–Kier alpha value is -2.08. The number of nitrogens with zero attached hydrogens (tertiary/aromatic N) is 1. The lowest BCUT2D eigenvalue weighted by Gasteiger charge is -2.21. The number of nitrogens with one attached hydrogen (secondary N) is 1. The van der Waals surface area contributed by atoms with Crippen LogP contribution < -0.4 is 16.8 Å². The molecule has 0 unspecified atom stereocenters. The van der Waals surface area contributed by atoms with Gasteiger partial charge in [0.25, 0.3) is 0 Å². The van der Waals surface area contributed by atoms with Gasteiger partial charge in [-0.25, -0.2) is 0 Å². The van der Waals surface area contributed by atoms with Gasteiger partial charge in [-0.05, 0) is 38.0 Å². The van der Waals surface area contributed by atoms with E-state index in [2.05, 4.69) is 10.5 Å². The van der Waals surface area contributed by atoms with Crippen LogP contribution in [0.2, 0.25) is 0 Å². The molecule has 110 valence electrons. The van der Waals surface area contributed by atoms with Gasteiger partial charge in [-0.1, -0.05) is 17.3 Å². The van der Waals surface area contributed by atoms with Crippen molar-refractivity contribution in [1.29, 1.82) is 0 Å². The molecule has 0 radical (unpaired) electrons. The van der Waals surface area contributed by atoms with Gasteiger partial charge in [-0.15, -0.1) is 0 Å². The Kier molecular flexibility index (Phi) is 5.10. The number of aryl methyl sites for hydroxylation is 1. The number of primary amides is 1. The second-order valence-electron chi connectivity index (χ2n) is 5.48. The smallest absolute Gasteiger partial charge is 0.224 e. The van der Waals surface area contributed by atoms with Gasteiger partial charge in [-0.3, -0.25) is 4.79 Å². The Morgan fingerprint density at radius 1 is 1.40 bits per heavy atom. The molecule has 0 aliphatic heterocycles. The van der Waals surface area contributed by atoms with Crippen molar-refractivity contribution in [2.24, 2.45) is 22.0 Å². The van der Waals surface area contributed by atoms with E-state index in [9.17, 15) is 4.79 Å². The lowest BCUT2D eigenvalue weighted by Crippen LogP contribution is -2.40. The van der Waals surface area contributed by atoms with E-state index < -0.39 is 5.41 Å². The number of hydrogen-bond donors (Lipinski definition) is 4. The van der Waals surface area contributed by atoms with E-state index in [0.29, 0.717) is 18.7 Å². The summed E-state index contributed by atoms with van der Waals surface area (Å²) in [6.07, 6.45) is 0. The zero-order chi connectivity index (χ0) is 15.3. The highest BCUT2D eigenvalue weighted by Crippen LogP contribution is 2.14. The fraction of sp³-hybridized carbons (Fsp3) is 0.429. The van der Waals surface area contributed by atoms with Gasteiger partial charge in [0.15, 0.2) is 5.84 Å². The third kappa shape index (κ3) is 3.96. The topological polar surface area (TPSA) is 114 Å². The van der Waals surface area contributed by atoms with Crippen LogP contribution in [0.4, 0.5) is 0 Å². The zero-order valence-corrected chi connectivity index (χ0v) is 12.1. The molecule has 6 nitrogen and oxygen atoms in total. The molecular formula is C14H22N4O2. The summed E-state index contributed by atoms with van der Waals surface area (Å²) in [5.74, 6) is -0.244. The number of hydrogen-bond acceptors (Lipinski definition) is 4. The van der Waals surface area contributed by atoms with Crippen molar-refractivity contribution >= 4 is 11.7 Å². The van der Waals surface area contributed by atoms with Gasteiger partial charge in [0.2, 0.25) is 5.91 Å². The minimum Gasteiger partial charge on any atom is -0.409 e. The Labute approximate surface area is 118 Å². The monoisotopic (exact) mass is 278 g/mol. The van der Waals surface area contributed by atoms with Gasteiger partial charge in [0, 0.05) is 18.7 Å². The molecule has 0 saturated carbocycles. The lowest BCUT2D eigenvalue weighted by atomic mass is 9.92. The molecule has 1 aromatic rings. The number of benzene rings is 1. The van der Waals surface area contributed by atoms with Crippen molar-refractivity contribution in [3.63, 3.8) is 0 Å². The quantitative estimate of drug-likeness (QED) is 0.265. The van der Waals surface area contributed by atoms with Crippen LogP contribution >= 0.6 is 0 Å². The number of amides is 1. The molecule has 0 atom stereocenters. The number of rotatable bonds is 6. The first-order valence-corrected chi connectivity index (χ1v) is 6.36. The van der Waals surface area contributed by atoms with Gasteiger partial charge in [-0.2, -0.15) is 0 Å². The Bertz CT molecular complexity index is 524. The highest BCUT2D eigenvalue weighted by atomic mass is 16.4. The fourth-order valence-electron chi connectivity index (χ4n) is 1.71. The molecule has 1 amide bonds. The lowest BCUT2D eigenvalue weighted by molar-refractivity contribution is -0.125. The second-order valence-corrected chi connectivity index (χ2v) is 5.48. The van der Waals surface area contributed by atoms with E-state index in [1.807, 2.05) is 19.1 Å². The van der Waals surface area contributed by atoms with E-state index >= 15 is 0 Å². The molecule has 0 saturated heterocycles. The summed E-state index contributed by atoms with van der Waals surface area (Å²) >= 11 is 0. The van der Waals surface area contributed by atoms with Crippen molar-refractivity contribution in [3.8, 4) is 0 Å². The van der Waals surface area contributed by atoms with Crippen molar-refractivity contribution in [2.45, 2.75) is 27.3 Å². The Morgan fingerprint density at radius 2 is 2.05 bits per heavy atom. The van der Waals surface area contributed by atoms with Crippen LogP contribution in [-0.4, -0.2) is 23.5 Å². The predicted octanol–water partition coefficient (Wildman–Crippen LogP) is 0.691. The molecule has 0 aliphatic rings. The largest absolute Gasteiger partial charge is 0.409 e. The van der Waals surface area contributed by atoms with Crippen LogP contribution in [0.1, 0.15) is 30.5 Å². The summed E-state index contributed by atoms with van der Waals surface area (Å²) in [5, 5.41) is 14.8. The number of carbonyl (C=O) groups is 1. The second kappa shape index (κ2) is 6.38. The number of amidine groups is 1. The summed E-state index contributed by atoms with van der Waals surface area (Å²) in [4.78, 5) is 11.2. The molecule has 0 bridgehead atoms. The third-order valence-electron chi connectivity index (χ3n) is 3.30. The van der Waals surface area contributed by atoms with Crippen molar-refractivity contribution < 1.29 is 10.0 Å². The maximum atomic E-state index is 11.2. The number of oxime groups is 1. The molecule has 20 heavy (non-hydrogen) atoms. The minimum atomic E-state index is -0.582. The van der Waals surface area contributed by atoms with E-state index in [0.717, 1.165) is 11.1 Å². The first kappa shape index (κ1) is 16.0. The summed E-state index contributed by atoms with van der Waals surface area (Å²) in [7, 11) is 0. The molecule has 0 aromatic heterocycles. The highest BCUT2D eigenvalue weighted by Gasteiger charge is 2.24. The standard InChI is InChI=1S/C14H22N4O2/c1-9-6-10(12(15)18-20)4-5-11(9)7-17-8-14(2,3)13(16)19/h4-6,17,20H,7-8H2,1-3H3,(H2,15,18)(H2,16,19). The SMILES string of the molecule is Cc1cc(/C(N)=N/O)ccc1CNCC(C)(C)C(N)=O. The maximum absolute atomic E-state index is 11.2. The van der Waals surface area contributed by atoms with Crippen LogP contribution in [-0.2, 0) is 11.3 Å². The molecule has 1 rings (SSSR count). The zero-order valence-electron chi connectivity index (χ0n) is 12.1. The highest BCUT2D eigenvalue weighted by molar-refractivity contribution is 5.97. The molecule has 6 heteroatoms. The van der Waals surface area contributed by atoms with Crippen LogP contribution in [0.3, 0.4) is 0 Å². The van der Waals surface area contributed by atoms with E-state index in [4.69, 9.17) is 16.7 Å². The number of carbonyl (C=O) groups excluding carboxylic acids is 1. The number of nitrogens with two attached hydrogens (primary N) is 2. The maximum Gasteiger partial charge on any atom is 0.224 e. The summed E-state index contributed by atoms with van der Waals surface area (Å²) in [6.45, 7) is 6.68. The molecule has 0 fully saturated rings. The van der Waals surface area contributed by atoms with Gasteiger partial charge < -0.3 is 22.0 Å². The predicted molar refractivity (Wildman–Crippen MR) is 78.4 cm³/mol. The molecule has 0 heterocycles. The molecule has 6 N–H and O–H groups in total.